The summed E-state index contributed by atoms with van der Waals surface area (Å²) < 4.78 is 39.8. The number of halogens is 4. The van der Waals surface area contributed by atoms with Gasteiger partial charge in [0.1, 0.15) is 9.49 Å². The van der Waals surface area contributed by atoms with Gasteiger partial charge >= 0.3 is 11.2 Å². The third-order valence-electron chi connectivity index (χ3n) is 4.76. The third kappa shape index (κ3) is 9.88. The maximum absolute atomic E-state index is 14.7. The van der Waals surface area contributed by atoms with E-state index in [0.717, 1.165) is 36.8 Å². The molecule has 0 spiro atoms. The van der Waals surface area contributed by atoms with Crippen LogP contribution >= 0.6 is 43.6 Å². The lowest BCUT2D eigenvalue weighted by Crippen LogP contribution is -2.30. The highest BCUT2D eigenvalue weighted by Gasteiger charge is 2.39. The van der Waals surface area contributed by atoms with Crippen LogP contribution in [0, 0.1) is 5.92 Å². The van der Waals surface area contributed by atoms with Crippen LogP contribution in [0.1, 0.15) is 77.8 Å². The van der Waals surface area contributed by atoms with Gasteiger partial charge in [-0.2, -0.15) is 8.78 Å². The van der Waals surface area contributed by atoms with Crippen molar-refractivity contribution in [2.24, 2.45) is 5.92 Å². The first-order chi connectivity index (χ1) is 15.0. The molecule has 1 aromatic rings. The SMILES string of the molecule is CCCc1cc(CCC)c(SC(F)(F)C(Br)Br)c(OC(CCC)C(=O)OCCC(C)C)c1. The van der Waals surface area contributed by atoms with Crippen molar-refractivity contribution in [3.05, 3.63) is 23.3 Å². The van der Waals surface area contributed by atoms with E-state index >= 15 is 0 Å². The fourth-order valence-corrected chi connectivity index (χ4v) is 4.55. The van der Waals surface area contributed by atoms with Gasteiger partial charge in [-0.15, -0.1) is 0 Å². The number of aryl methyl sites for hydroxylation is 2. The van der Waals surface area contributed by atoms with E-state index in [9.17, 15) is 13.6 Å². The Kier molecular flexibility index (Phi) is 13.8. The summed E-state index contributed by atoms with van der Waals surface area (Å²) in [7, 11) is 0. The third-order valence-corrected chi connectivity index (χ3v) is 7.70. The van der Waals surface area contributed by atoms with E-state index in [1.807, 2.05) is 26.0 Å². The fourth-order valence-electron chi connectivity index (χ4n) is 3.12. The van der Waals surface area contributed by atoms with E-state index in [1.54, 1.807) is 0 Å². The van der Waals surface area contributed by atoms with Crippen molar-refractivity contribution >= 4 is 49.6 Å². The van der Waals surface area contributed by atoms with Gasteiger partial charge in [-0.1, -0.05) is 91.8 Å². The van der Waals surface area contributed by atoms with Gasteiger partial charge in [0.15, 0.2) is 6.10 Å². The normalized spacial score (nSPS) is 13.0. The first kappa shape index (κ1) is 29.7. The lowest BCUT2D eigenvalue weighted by atomic mass is 10.0. The molecule has 0 aliphatic carbocycles. The van der Waals surface area contributed by atoms with Gasteiger partial charge in [-0.05, 0) is 60.6 Å². The molecule has 0 aromatic heterocycles. The average molecular weight is 602 g/mol. The van der Waals surface area contributed by atoms with Gasteiger partial charge in [0.25, 0.3) is 0 Å². The van der Waals surface area contributed by atoms with Crippen LogP contribution in [0.5, 0.6) is 5.75 Å². The van der Waals surface area contributed by atoms with E-state index in [2.05, 4.69) is 52.6 Å². The minimum absolute atomic E-state index is 0.325. The molecular weight excluding hydrogens is 566 g/mol. The number of carbonyl (C=O) groups excluding carboxylic acids is 1. The second kappa shape index (κ2) is 14.8. The maximum atomic E-state index is 14.7. The van der Waals surface area contributed by atoms with Gasteiger partial charge in [-0.25, -0.2) is 4.79 Å². The van der Waals surface area contributed by atoms with Crippen molar-refractivity contribution in [2.75, 3.05) is 6.61 Å². The Morgan fingerprint density at radius 1 is 1.06 bits per heavy atom. The van der Waals surface area contributed by atoms with Crippen molar-refractivity contribution < 1.29 is 23.0 Å². The molecule has 184 valence electrons. The highest BCUT2D eigenvalue weighted by atomic mass is 79.9. The van der Waals surface area contributed by atoms with E-state index in [-0.39, 0.29) is 0 Å². The first-order valence-electron chi connectivity index (χ1n) is 11.4. The van der Waals surface area contributed by atoms with Crippen LogP contribution in [-0.2, 0) is 22.4 Å². The number of benzene rings is 1. The molecule has 0 aliphatic rings. The summed E-state index contributed by atoms with van der Waals surface area (Å²) >= 11 is 6.36. The zero-order valence-corrected chi connectivity index (χ0v) is 23.7. The molecule has 0 saturated heterocycles. The maximum Gasteiger partial charge on any atom is 0.347 e. The predicted octanol–water partition coefficient (Wildman–Crippen LogP) is 8.53. The van der Waals surface area contributed by atoms with Crippen molar-refractivity contribution in [3.63, 3.8) is 0 Å². The molecule has 0 bridgehead atoms. The largest absolute Gasteiger partial charge is 0.478 e. The summed E-state index contributed by atoms with van der Waals surface area (Å²) in [5, 5.41) is -3.11. The lowest BCUT2D eigenvalue weighted by molar-refractivity contribution is -0.152. The second-order valence-electron chi connectivity index (χ2n) is 8.29. The number of ether oxygens (including phenoxy) is 2. The quantitative estimate of drug-likeness (QED) is 0.115. The standard InChI is InChI=1S/C24H36Br2F2O3S/c1-6-9-17-14-18(10-7-2)21(32-24(27,28)23(25)26)20(15-17)31-19(11-8-3)22(29)30-13-12-16(4)5/h14-16,19,23H,6-13H2,1-5H3. The minimum Gasteiger partial charge on any atom is -0.478 e. The van der Waals surface area contributed by atoms with Gasteiger partial charge in [0.05, 0.1) is 11.5 Å². The minimum atomic E-state index is -3.11. The molecule has 1 aromatic carbocycles. The smallest absolute Gasteiger partial charge is 0.347 e. The van der Waals surface area contributed by atoms with Crippen LogP contribution in [0.2, 0.25) is 0 Å². The summed E-state index contributed by atoms with van der Waals surface area (Å²) in [6.07, 6.45) is 4.32. The van der Waals surface area contributed by atoms with Crippen LogP contribution in [0.4, 0.5) is 8.78 Å². The van der Waals surface area contributed by atoms with Crippen LogP contribution in [0.3, 0.4) is 0 Å². The molecule has 0 N–H and O–H groups in total. The van der Waals surface area contributed by atoms with Gasteiger partial charge in [-0.3, -0.25) is 0 Å². The Morgan fingerprint density at radius 2 is 1.72 bits per heavy atom. The average Bonchev–Trinajstić information content (AvgIpc) is 2.70. The lowest BCUT2D eigenvalue weighted by Gasteiger charge is -2.25. The van der Waals surface area contributed by atoms with Gasteiger partial charge < -0.3 is 9.47 Å². The Hall–Kier alpha value is -0.340. The van der Waals surface area contributed by atoms with E-state index in [0.29, 0.717) is 54.2 Å². The Bertz CT molecular complexity index is 715. The number of hydrogen-bond acceptors (Lipinski definition) is 4. The van der Waals surface area contributed by atoms with Crippen LogP contribution in [-0.4, -0.2) is 27.7 Å². The van der Waals surface area contributed by atoms with E-state index < -0.39 is 21.1 Å². The monoisotopic (exact) mass is 600 g/mol. The van der Waals surface area contributed by atoms with E-state index in [4.69, 9.17) is 9.47 Å². The van der Waals surface area contributed by atoms with Crippen molar-refractivity contribution in [1.82, 2.24) is 0 Å². The van der Waals surface area contributed by atoms with Crippen molar-refractivity contribution in [2.45, 2.75) is 99.6 Å². The van der Waals surface area contributed by atoms with Crippen molar-refractivity contribution in [1.29, 1.82) is 0 Å². The summed E-state index contributed by atoms with van der Waals surface area (Å²) in [4.78, 5) is 13.1. The number of thioether (sulfide) groups is 1. The Labute approximate surface area is 213 Å². The number of alkyl halides is 4. The highest BCUT2D eigenvalue weighted by molar-refractivity contribution is 9.24. The second-order valence-corrected chi connectivity index (χ2v) is 12.5. The topological polar surface area (TPSA) is 35.5 Å². The zero-order valence-electron chi connectivity index (χ0n) is 19.7. The highest BCUT2D eigenvalue weighted by Crippen LogP contribution is 2.49. The Morgan fingerprint density at radius 3 is 2.25 bits per heavy atom. The molecule has 1 rings (SSSR count). The molecule has 1 atom stereocenters. The number of carbonyl (C=O) groups is 1. The van der Waals surface area contributed by atoms with Gasteiger partial charge in [0.2, 0.25) is 0 Å². The summed E-state index contributed by atoms with van der Waals surface area (Å²) in [6, 6.07) is 3.80. The van der Waals surface area contributed by atoms with Crippen molar-refractivity contribution in [3.8, 4) is 5.75 Å². The molecule has 0 radical (unpaired) electrons. The van der Waals surface area contributed by atoms with Crippen LogP contribution < -0.4 is 4.74 Å². The molecular formula is C24H36Br2F2O3S. The number of esters is 1. The molecule has 32 heavy (non-hydrogen) atoms. The fraction of sp³-hybridized carbons (Fsp3) is 0.708. The number of rotatable bonds is 15. The molecule has 0 fully saturated rings. The Balaban J connectivity index is 3.35. The predicted molar refractivity (Wildman–Crippen MR) is 137 cm³/mol. The molecule has 0 saturated carbocycles. The molecule has 0 aliphatic heterocycles. The van der Waals surface area contributed by atoms with Crippen LogP contribution in [0.15, 0.2) is 17.0 Å². The molecule has 0 heterocycles. The number of hydrogen-bond donors (Lipinski definition) is 0. The first-order valence-corrected chi connectivity index (χ1v) is 14.0. The summed E-state index contributed by atoms with van der Waals surface area (Å²) in [5.41, 5.74) is 1.85. The van der Waals surface area contributed by atoms with Crippen LogP contribution in [0.25, 0.3) is 0 Å². The molecule has 0 amide bonds. The molecule has 8 heteroatoms. The summed E-state index contributed by atoms with van der Waals surface area (Å²) in [5.74, 6) is 0.318. The van der Waals surface area contributed by atoms with E-state index in [1.165, 1.54) is 0 Å². The zero-order chi connectivity index (χ0) is 24.3. The van der Waals surface area contributed by atoms with Gasteiger partial charge in [0, 0.05) is 0 Å². The molecule has 3 nitrogen and oxygen atoms in total. The summed E-state index contributed by atoms with van der Waals surface area (Å²) in [6.45, 7) is 10.5. The molecule has 1 unspecified atom stereocenters.